The van der Waals surface area contributed by atoms with Gasteiger partial charge in [-0.1, -0.05) is 6.92 Å². The Morgan fingerprint density at radius 1 is 1.28 bits per heavy atom. The highest BCUT2D eigenvalue weighted by atomic mass is 16.4. The summed E-state index contributed by atoms with van der Waals surface area (Å²) < 4.78 is 0. The number of amides is 2. The monoisotopic (exact) mass is 256 g/mol. The minimum atomic E-state index is -0.886. The Labute approximate surface area is 109 Å². The van der Waals surface area contributed by atoms with Crippen LogP contribution in [0.4, 0.5) is 4.79 Å². The number of piperidine rings is 1. The molecule has 0 aliphatic carbocycles. The maximum atomic E-state index is 12.1. The lowest BCUT2D eigenvalue weighted by Crippen LogP contribution is -2.53. The molecule has 2 amide bonds. The van der Waals surface area contributed by atoms with Gasteiger partial charge in [0, 0.05) is 18.6 Å². The molecule has 0 saturated carbocycles. The quantitative estimate of drug-likeness (QED) is 0.810. The van der Waals surface area contributed by atoms with Gasteiger partial charge in [-0.05, 0) is 39.5 Å². The van der Waals surface area contributed by atoms with E-state index in [-0.39, 0.29) is 18.1 Å². The van der Waals surface area contributed by atoms with E-state index in [0.29, 0.717) is 5.92 Å². The van der Waals surface area contributed by atoms with Crippen molar-refractivity contribution in [2.45, 2.75) is 52.6 Å². The Kier molecular flexibility index (Phi) is 4.99. The lowest BCUT2D eigenvalue weighted by Gasteiger charge is -2.37. The van der Waals surface area contributed by atoms with Gasteiger partial charge in [0.1, 0.15) is 0 Å². The molecule has 1 aliphatic rings. The molecule has 104 valence electrons. The van der Waals surface area contributed by atoms with Crippen molar-refractivity contribution in [1.82, 2.24) is 10.2 Å². The molecule has 2 N–H and O–H groups in total. The molecule has 18 heavy (non-hydrogen) atoms. The average molecular weight is 256 g/mol. The highest BCUT2D eigenvalue weighted by molar-refractivity contribution is 5.77. The largest absolute Gasteiger partial charge is 0.481 e. The van der Waals surface area contributed by atoms with Crippen LogP contribution >= 0.6 is 0 Å². The van der Waals surface area contributed by atoms with E-state index in [2.05, 4.69) is 12.2 Å². The zero-order valence-corrected chi connectivity index (χ0v) is 11.6. The number of aliphatic carboxylic acids is 1. The van der Waals surface area contributed by atoms with Crippen molar-refractivity contribution in [2.75, 3.05) is 6.54 Å². The van der Waals surface area contributed by atoms with Crippen molar-refractivity contribution in [3.05, 3.63) is 0 Å². The minimum Gasteiger partial charge on any atom is -0.481 e. The number of carbonyl (C=O) groups is 2. The molecule has 4 unspecified atom stereocenters. The molecule has 5 heteroatoms. The normalized spacial score (nSPS) is 27.4. The summed E-state index contributed by atoms with van der Waals surface area (Å²) in [6, 6.07) is -0.275. The maximum absolute atomic E-state index is 12.1. The molecule has 5 nitrogen and oxygen atoms in total. The lowest BCUT2D eigenvalue weighted by atomic mass is 9.95. The number of likely N-dealkylation sites (tertiary alicyclic amines) is 1. The van der Waals surface area contributed by atoms with Crippen molar-refractivity contribution in [3.8, 4) is 0 Å². The Morgan fingerprint density at radius 2 is 1.89 bits per heavy atom. The smallest absolute Gasteiger partial charge is 0.317 e. The fraction of sp³-hybridized carbons (Fsp3) is 0.846. The Balaban J connectivity index is 2.56. The fourth-order valence-corrected chi connectivity index (χ4v) is 2.19. The highest BCUT2D eigenvalue weighted by Gasteiger charge is 2.29. The van der Waals surface area contributed by atoms with E-state index >= 15 is 0 Å². The van der Waals surface area contributed by atoms with Crippen molar-refractivity contribution >= 4 is 12.0 Å². The number of carboxylic acid groups (broad SMARTS) is 1. The van der Waals surface area contributed by atoms with Gasteiger partial charge in [0.05, 0.1) is 5.92 Å². The number of rotatable bonds is 3. The van der Waals surface area contributed by atoms with E-state index in [9.17, 15) is 9.59 Å². The topological polar surface area (TPSA) is 69.6 Å². The van der Waals surface area contributed by atoms with Crippen LogP contribution in [0.3, 0.4) is 0 Å². The fourth-order valence-electron chi connectivity index (χ4n) is 2.19. The number of nitrogens with one attached hydrogen (secondary N) is 1. The summed E-state index contributed by atoms with van der Waals surface area (Å²) in [4.78, 5) is 24.8. The number of nitrogens with zero attached hydrogens (tertiary/aromatic N) is 1. The first-order valence-electron chi connectivity index (χ1n) is 6.62. The Hall–Kier alpha value is -1.26. The van der Waals surface area contributed by atoms with Gasteiger partial charge in [0.2, 0.25) is 0 Å². The van der Waals surface area contributed by atoms with Crippen LogP contribution in [0.2, 0.25) is 0 Å². The number of hydrogen-bond donors (Lipinski definition) is 2. The standard InChI is InChI=1S/C13H24N2O3/c1-8-5-6-9(2)15(7-8)13(18)14-11(4)10(3)12(16)17/h8-11H,5-7H2,1-4H3,(H,14,18)(H,16,17). The summed E-state index contributed by atoms with van der Waals surface area (Å²) in [6.07, 6.45) is 2.16. The van der Waals surface area contributed by atoms with Crippen molar-refractivity contribution < 1.29 is 14.7 Å². The van der Waals surface area contributed by atoms with Crippen molar-refractivity contribution in [2.24, 2.45) is 11.8 Å². The summed E-state index contributed by atoms with van der Waals surface area (Å²) in [6.45, 7) is 8.26. The van der Waals surface area contributed by atoms with Crippen LogP contribution in [-0.2, 0) is 4.79 Å². The van der Waals surface area contributed by atoms with Crippen LogP contribution < -0.4 is 5.32 Å². The van der Waals surface area contributed by atoms with Gasteiger partial charge >= 0.3 is 12.0 Å². The molecule has 0 radical (unpaired) electrons. The molecule has 1 fully saturated rings. The molecule has 0 bridgehead atoms. The Bertz CT molecular complexity index is 319. The Morgan fingerprint density at radius 3 is 2.44 bits per heavy atom. The molecule has 1 rings (SSSR count). The molecular formula is C13H24N2O3. The summed E-state index contributed by atoms with van der Waals surface area (Å²) in [5, 5.41) is 11.7. The third kappa shape index (κ3) is 3.62. The predicted molar refractivity (Wildman–Crippen MR) is 69.4 cm³/mol. The van der Waals surface area contributed by atoms with E-state index in [0.717, 1.165) is 19.4 Å². The average Bonchev–Trinajstić information content (AvgIpc) is 2.30. The van der Waals surface area contributed by atoms with Gasteiger partial charge in [0.15, 0.2) is 0 Å². The van der Waals surface area contributed by atoms with Gasteiger partial charge in [-0.3, -0.25) is 4.79 Å². The summed E-state index contributed by atoms with van der Waals surface area (Å²) in [7, 11) is 0. The number of urea groups is 1. The second kappa shape index (κ2) is 6.07. The van der Waals surface area contributed by atoms with Gasteiger partial charge in [0.25, 0.3) is 0 Å². The first-order valence-corrected chi connectivity index (χ1v) is 6.62. The lowest BCUT2D eigenvalue weighted by molar-refractivity contribution is -0.141. The first-order chi connectivity index (χ1) is 8.32. The van der Waals surface area contributed by atoms with E-state index in [1.807, 2.05) is 11.8 Å². The molecule has 0 aromatic heterocycles. The number of carboxylic acids is 1. The van der Waals surface area contributed by atoms with E-state index in [1.54, 1.807) is 13.8 Å². The van der Waals surface area contributed by atoms with Crippen LogP contribution in [0.15, 0.2) is 0 Å². The maximum Gasteiger partial charge on any atom is 0.317 e. The molecule has 1 saturated heterocycles. The van der Waals surface area contributed by atoms with Crippen LogP contribution in [0, 0.1) is 11.8 Å². The van der Waals surface area contributed by atoms with Gasteiger partial charge in [-0.15, -0.1) is 0 Å². The van der Waals surface area contributed by atoms with Crippen LogP contribution in [0.5, 0.6) is 0 Å². The zero-order chi connectivity index (χ0) is 13.9. The van der Waals surface area contributed by atoms with E-state index < -0.39 is 11.9 Å². The second-order valence-corrected chi connectivity index (χ2v) is 5.55. The number of carbonyl (C=O) groups excluding carboxylic acids is 1. The van der Waals surface area contributed by atoms with E-state index in [4.69, 9.17) is 5.11 Å². The zero-order valence-electron chi connectivity index (χ0n) is 11.6. The molecule has 0 spiro atoms. The van der Waals surface area contributed by atoms with Crippen molar-refractivity contribution in [3.63, 3.8) is 0 Å². The number of hydrogen-bond acceptors (Lipinski definition) is 2. The SMILES string of the molecule is CC1CCC(C)N(C(=O)NC(C)C(C)C(=O)O)C1. The minimum absolute atomic E-state index is 0.144. The third-order valence-corrected chi connectivity index (χ3v) is 3.87. The summed E-state index contributed by atoms with van der Waals surface area (Å²) >= 11 is 0. The molecular weight excluding hydrogens is 232 g/mol. The van der Waals surface area contributed by atoms with Crippen molar-refractivity contribution in [1.29, 1.82) is 0 Å². The third-order valence-electron chi connectivity index (χ3n) is 3.87. The van der Waals surface area contributed by atoms with Crippen LogP contribution in [0.1, 0.15) is 40.5 Å². The molecule has 1 aliphatic heterocycles. The first kappa shape index (κ1) is 14.8. The van der Waals surface area contributed by atoms with Gasteiger partial charge in [-0.25, -0.2) is 4.79 Å². The molecule has 0 aromatic carbocycles. The molecule has 4 atom stereocenters. The van der Waals surface area contributed by atoms with E-state index in [1.165, 1.54) is 0 Å². The summed E-state index contributed by atoms with van der Waals surface area (Å²) in [5.41, 5.74) is 0. The van der Waals surface area contributed by atoms with Gasteiger partial charge in [-0.2, -0.15) is 0 Å². The van der Waals surface area contributed by atoms with Crippen LogP contribution in [0.25, 0.3) is 0 Å². The predicted octanol–water partition coefficient (Wildman–Crippen LogP) is 1.93. The highest BCUT2D eigenvalue weighted by Crippen LogP contribution is 2.21. The molecule has 0 aromatic rings. The van der Waals surface area contributed by atoms with Gasteiger partial charge < -0.3 is 15.3 Å². The second-order valence-electron chi connectivity index (χ2n) is 5.55. The summed E-state index contributed by atoms with van der Waals surface area (Å²) in [5.74, 6) is -0.950. The van der Waals surface area contributed by atoms with Crippen LogP contribution in [-0.4, -0.2) is 40.6 Å². The molecule has 1 heterocycles.